The van der Waals surface area contributed by atoms with Crippen LogP contribution in [0.15, 0.2) is 4.52 Å². The molecule has 2 heterocycles. The number of rotatable bonds is 3. The highest BCUT2D eigenvalue weighted by Gasteiger charge is 2.35. The largest absolute Gasteiger partial charge is 0.339 e. The molecule has 1 aliphatic carbocycles. The zero-order valence-electron chi connectivity index (χ0n) is 10.8. The summed E-state index contributed by atoms with van der Waals surface area (Å²) >= 11 is 0. The number of aromatic nitrogens is 2. The van der Waals surface area contributed by atoms with Crippen LogP contribution in [0.1, 0.15) is 49.2 Å². The van der Waals surface area contributed by atoms with Crippen LogP contribution < -0.4 is 5.73 Å². The number of nitrogens with two attached hydrogens (primary N) is 1. The number of hydrogen-bond acceptors (Lipinski definition) is 6. The summed E-state index contributed by atoms with van der Waals surface area (Å²) < 4.78 is 28.3. The molecule has 0 aromatic carbocycles. The molecule has 1 saturated carbocycles. The van der Waals surface area contributed by atoms with E-state index in [9.17, 15) is 8.42 Å². The van der Waals surface area contributed by atoms with Crippen molar-refractivity contribution in [2.45, 2.75) is 37.5 Å². The van der Waals surface area contributed by atoms with Gasteiger partial charge in [-0.25, -0.2) is 8.42 Å². The van der Waals surface area contributed by atoms with Crippen LogP contribution in [0.5, 0.6) is 0 Å². The third-order valence-corrected chi connectivity index (χ3v) is 6.10. The van der Waals surface area contributed by atoms with Crippen LogP contribution in [0.4, 0.5) is 0 Å². The van der Waals surface area contributed by atoms with E-state index in [1.54, 1.807) is 0 Å². The molecule has 3 atom stereocenters. The highest BCUT2D eigenvalue weighted by Crippen LogP contribution is 2.39. The number of sulfone groups is 1. The van der Waals surface area contributed by atoms with Crippen LogP contribution in [0, 0.1) is 5.92 Å². The van der Waals surface area contributed by atoms with Gasteiger partial charge in [-0.05, 0) is 31.7 Å². The summed E-state index contributed by atoms with van der Waals surface area (Å²) in [4.78, 5) is 4.44. The van der Waals surface area contributed by atoms with E-state index in [4.69, 9.17) is 10.3 Å². The van der Waals surface area contributed by atoms with Crippen molar-refractivity contribution in [3.05, 3.63) is 11.7 Å². The number of nitrogens with zero attached hydrogens (tertiary/aromatic N) is 2. The van der Waals surface area contributed by atoms with Crippen molar-refractivity contribution in [2.75, 3.05) is 18.1 Å². The Bertz CT molecular complexity index is 554. The molecule has 0 amide bonds. The minimum absolute atomic E-state index is 0.0970. The summed E-state index contributed by atoms with van der Waals surface area (Å²) in [5.74, 6) is 2.16. The molecule has 19 heavy (non-hydrogen) atoms. The topological polar surface area (TPSA) is 99.1 Å². The predicted molar refractivity (Wildman–Crippen MR) is 69.4 cm³/mol. The average Bonchev–Trinajstić information content (AvgIpc) is 3.05. The second kappa shape index (κ2) is 4.86. The van der Waals surface area contributed by atoms with Gasteiger partial charge in [-0.2, -0.15) is 4.98 Å². The van der Waals surface area contributed by atoms with E-state index < -0.39 is 9.84 Å². The van der Waals surface area contributed by atoms with Crippen LogP contribution in [-0.2, 0) is 9.84 Å². The fourth-order valence-corrected chi connectivity index (χ4v) is 4.95. The zero-order valence-corrected chi connectivity index (χ0v) is 11.6. The van der Waals surface area contributed by atoms with Gasteiger partial charge in [0.05, 0.1) is 11.5 Å². The highest BCUT2D eigenvalue weighted by molar-refractivity contribution is 7.91. The fourth-order valence-electron chi connectivity index (χ4n) is 3.21. The Hall–Kier alpha value is -0.950. The molecule has 3 unspecified atom stereocenters. The molecule has 1 saturated heterocycles. The quantitative estimate of drug-likeness (QED) is 0.882. The highest BCUT2D eigenvalue weighted by atomic mass is 32.2. The smallest absolute Gasteiger partial charge is 0.230 e. The second-order valence-electron chi connectivity index (χ2n) is 5.62. The summed E-state index contributed by atoms with van der Waals surface area (Å²) in [7, 11) is -2.91. The lowest BCUT2D eigenvalue weighted by atomic mass is 9.96. The first kappa shape index (κ1) is 13.1. The monoisotopic (exact) mass is 285 g/mol. The third-order valence-electron chi connectivity index (χ3n) is 4.33. The summed E-state index contributed by atoms with van der Waals surface area (Å²) in [5, 5.41) is 3.99. The Labute approximate surface area is 112 Å². The summed E-state index contributed by atoms with van der Waals surface area (Å²) in [6.07, 6.45) is 3.89. The van der Waals surface area contributed by atoms with Crippen molar-refractivity contribution >= 4 is 9.84 Å². The van der Waals surface area contributed by atoms with Crippen LogP contribution in [-0.4, -0.2) is 36.6 Å². The van der Waals surface area contributed by atoms with Crippen LogP contribution >= 0.6 is 0 Å². The first-order valence-electron chi connectivity index (χ1n) is 6.83. The minimum atomic E-state index is -2.91. The van der Waals surface area contributed by atoms with Gasteiger partial charge in [0, 0.05) is 11.8 Å². The Balaban J connectivity index is 1.77. The van der Waals surface area contributed by atoms with Gasteiger partial charge in [-0.1, -0.05) is 11.6 Å². The minimum Gasteiger partial charge on any atom is -0.339 e. The van der Waals surface area contributed by atoms with Crippen molar-refractivity contribution in [2.24, 2.45) is 11.7 Å². The lowest BCUT2D eigenvalue weighted by molar-refractivity contribution is 0.322. The molecule has 0 bridgehead atoms. The fraction of sp³-hybridized carbons (Fsp3) is 0.833. The summed E-state index contributed by atoms with van der Waals surface area (Å²) in [6.45, 7) is 0.639. The van der Waals surface area contributed by atoms with Crippen LogP contribution in [0.3, 0.4) is 0 Å². The molecule has 0 spiro atoms. The van der Waals surface area contributed by atoms with Gasteiger partial charge >= 0.3 is 0 Å². The maximum atomic E-state index is 11.5. The van der Waals surface area contributed by atoms with E-state index >= 15 is 0 Å². The molecule has 1 aromatic heterocycles. The molecule has 2 fully saturated rings. The molecular formula is C12H19N3O3S. The molecule has 106 valence electrons. The second-order valence-corrected chi connectivity index (χ2v) is 7.85. The van der Waals surface area contributed by atoms with Gasteiger partial charge in [-0.15, -0.1) is 0 Å². The van der Waals surface area contributed by atoms with Gasteiger partial charge < -0.3 is 10.3 Å². The Morgan fingerprint density at radius 1 is 1.32 bits per heavy atom. The third kappa shape index (κ3) is 2.53. The van der Waals surface area contributed by atoms with Crippen molar-refractivity contribution in [3.8, 4) is 0 Å². The average molecular weight is 285 g/mol. The standard InChI is InChI=1S/C12H19N3O3S/c13-6-8-2-1-3-10(8)12-14-11(15-18-12)9-4-5-19(16,17)7-9/h8-10H,1-7,13H2. The van der Waals surface area contributed by atoms with E-state index in [1.165, 1.54) is 0 Å². The van der Waals surface area contributed by atoms with Gasteiger partial charge in [0.1, 0.15) is 0 Å². The van der Waals surface area contributed by atoms with Gasteiger partial charge in [-0.3, -0.25) is 0 Å². The van der Waals surface area contributed by atoms with E-state index in [0.717, 1.165) is 19.3 Å². The van der Waals surface area contributed by atoms with Crippen LogP contribution in [0.2, 0.25) is 0 Å². The molecular weight excluding hydrogens is 266 g/mol. The molecule has 7 heteroatoms. The molecule has 2 N–H and O–H groups in total. The van der Waals surface area contributed by atoms with Crippen molar-refractivity contribution in [1.82, 2.24) is 10.1 Å². The molecule has 3 rings (SSSR count). The molecule has 2 aliphatic rings. The van der Waals surface area contributed by atoms with Crippen molar-refractivity contribution in [3.63, 3.8) is 0 Å². The first-order valence-corrected chi connectivity index (χ1v) is 8.65. The SMILES string of the molecule is NCC1CCCC1c1nc(C2CCS(=O)(=O)C2)no1. The maximum absolute atomic E-state index is 11.5. The molecule has 6 nitrogen and oxygen atoms in total. The summed E-state index contributed by atoms with van der Waals surface area (Å²) in [6, 6.07) is 0. The van der Waals surface area contributed by atoms with E-state index in [2.05, 4.69) is 10.1 Å². The maximum Gasteiger partial charge on any atom is 0.230 e. The Kier molecular flexibility index (Phi) is 3.34. The van der Waals surface area contributed by atoms with Crippen molar-refractivity contribution in [1.29, 1.82) is 0 Å². The summed E-state index contributed by atoms with van der Waals surface area (Å²) in [5.41, 5.74) is 5.76. The van der Waals surface area contributed by atoms with Gasteiger partial charge in [0.2, 0.25) is 5.89 Å². The van der Waals surface area contributed by atoms with E-state index in [1.807, 2.05) is 0 Å². The Morgan fingerprint density at radius 3 is 2.84 bits per heavy atom. The Morgan fingerprint density at radius 2 is 2.16 bits per heavy atom. The lowest BCUT2D eigenvalue weighted by Crippen LogP contribution is -2.17. The first-order chi connectivity index (χ1) is 9.09. The molecule has 1 aromatic rings. The van der Waals surface area contributed by atoms with Crippen molar-refractivity contribution < 1.29 is 12.9 Å². The van der Waals surface area contributed by atoms with Gasteiger partial charge in [0.15, 0.2) is 15.7 Å². The zero-order chi connectivity index (χ0) is 13.5. The van der Waals surface area contributed by atoms with E-state index in [0.29, 0.717) is 30.6 Å². The predicted octanol–water partition coefficient (Wildman–Crippen LogP) is 0.814. The normalized spacial score (nSPS) is 33.8. The van der Waals surface area contributed by atoms with E-state index in [-0.39, 0.29) is 23.3 Å². The lowest BCUT2D eigenvalue weighted by Gasteiger charge is -2.12. The van der Waals surface area contributed by atoms with Crippen LogP contribution in [0.25, 0.3) is 0 Å². The number of hydrogen-bond donors (Lipinski definition) is 1. The molecule has 1 aliphatic heterocycles. The van der Waals surface area contributed by atoms with Gasteiger partial charge in [0.25, 0.3) is 0 Å². The molecule has 0 radical (unpaired) electrons.